The van der Waals surface area contributed by atoms with Crippen molar-refractivity contribution >= 4 is 34.5 Å². The number of H-pyrrole nitrogens is 1. The van der Waals surface area contributed by atoms with E-state index in [2.05, 4.69) is 43.5 Å². The zero-order valence-corrected chi connectivity index (χ0v) is 20.5. The number of aromatic nitrogens is 4. The van der Waals surface area contributed by atoms with Crippen LogP contribution in [0.25, 0.3) is 0 Å². The molecule has 1 saturated carbocycles. The van der Waals surface area contributed by atoms with Crippen molar-refractivity contribution in [2.75, 3.05) is 13.1 Å². The molecule has 3 aromatic heterocycles. The number of likely N-dealkylation sites (tertiary alicyclic amines) is 1. The Hall–Kier alpha value is -3.14. The predicted octanol–water partition coefficient (Wildman–Crippen LogP) is 1.35. The monoisotopic (exact) mass is 508 g/mol. The lowest BCUT2D eigenvalue weighted by Crippen LogP contribution is -2.43. The summed E-state index contributed by atoms with van der Waals surface area (Å²) in [6.45, 7) is 0.685. The third-order valence-electron chi connectivity index (χ3n) is 7.46. The Morgan fingerprint density at radius 2 is 2.17 bits per heavy atom. The van der Waals surface area contributed by atoms with Gasteiger partial charge < -0.3 is 16.0 Å². The van der Waals surface area contributed by atoms with Gasteiger partial charge in [-0.1, -0.05) is 5.21 Å². The number of aromatic amines is 1. The Morgan fingerprint density at radius 1 is 1.31 bits per heavy atom. The summed E-state index contributed by atoms with van der Waals surface area (Å²) < 4.78 is 0. The number of tetrazole rings is 1. The number of amides is 2. The average molecular weight is 509 g/mol. The quantitative estimate of drug-likeness (QED) is 0.407. The number of thiophene rings is 2. The molecule has 6 rings (SSSR count). The highest BCUT2D eigenvalue weighted by Gasteiger charge is 2.54. The SMILES string of the molecule is N#CC1C[C@@H]2C[C@@H]2N1C(=O)CNCCC1(c2nn[nH]n2)c2sccc2CCc2cc(C(N)=O)sc21. The summed E-state index contributed by atoms with van der Waals surface area (Å²) in [4.78, 5) is 29.4. The first-order valence-electron chi connectivity index (χ1n) is 11.7. The highest BCUT2D eigenvalue weighted by Crippen LogP contribution is 2.51. The molecular formula is C23H24N8O2S2. The van der Waals surface area contributed by atoms with Crippen molar-refractivity contribution in [3.05, 3.63) is 49.1 Å². The first kappa shape index (κ1) is 22.3. The molecule has 4 atom stereocenters. The van der Waals surface area contributed by atoms with E-state index in [0.717, 1.165) is 41.0 Å². The van der Waals surface area contributed by atoms with Crippen LogP contribution in [0, 0.1) is 17.2 Å². The van der Waals surface area contributed by atoms with Crippen LogP contribution in [0.1, 0.15) is 55.6 Å². The molecule has 180 valence electrons. The lowest BCUT2D eigenvalue weighted by atomic mass is 9.78. The molecule has 3 aliphatic rings. The fraction of sp³-hybridized carbons (Fsp3) is 0.478. The number of nitrogens with two attached hydrogens (primary N) is 1. The molecule has 10 nitrogen and oxygen atoms in total. The van der Waals surface area contributed by atoms with Crippen LogP contribution in [0.3, 0.4) is 0 Å². The van der Waals surface area contributed by atoms with E-state index in [4.69, 9.17) is 5.73 Å². The Balaban J connectivity index is 1.30. The Bertz CT molecular complexity index is 1330. The molecule has 1 saturated heterocycles. The Morgan fingerprint density at radius 3 is 2.94 bits per heavy atom. The molecule has 0 aromatic carbocycles. The number of aryl methyl sites for hydroxylation is 2. The summed E-state index contributed by atoms with van der Waals surface area (Å²) in [6.07, 6.45) is 4.02. The van der Waals surface area contributed by atoms with E-state index in [1.54, 1.807) is 16.2 Å². The number of nitrogens with one attached hydrogen (secondary N) is 2. The molecule has 12 heteroatoms. The molecule has 0 spiro atoms. The highest BCUT2D eigenvalue weighted by atomic mass is 32.1. The first-order valence-corrected chi connectivity index (χ1v) is 13.4. The summed E-state index contributed by atoms with van der Waals surface area (Å²) in [5.41, 5.74) is 7.24. The minimum absolute atomic E-state index is 0.0272. The van der Waals surface area contributed by atoms with Crippen molar-refractivity contribution in [3.8, 4) is 6.07 Å². The van der Waals surface area contributed by atoms with Gasteiger partial charge in [-0.25, -0.2) is 0 Å². The molecule has 35 heavy (non-hydrogen) atoms. The molecule has 3 aromatic rings. The number of primary amides is 1. The number of carbonyl (C=O) groups excluding carboxylic acids is 2. The number of fused-ring (bicyclic) bond motifs is 3. The fourth-order valence-corrected chi connectivity index (χ4v) is 8.29. The minimum atomic E-state index is -0.707. The topological polar surface area (TPSA) is 154 Å². The second-order valence-corrected chi connectivity index (χ2v) is 11.4. The van der Waals surface area contributed by atoms with Crippen LogP contribution in [-0.2, 0) is 23.1 Å². The van der Waals surface area contributed by atoms with E-state index in [1.165, 1.54) is 16.9 Å². The normalized spacial score (nSPS) is 26.4. The molecule has 2 unspecified atom stereocenters. The van der Waals surface area contributed by atoms with Gasteiger partial charge in [0, 0.05) is 15.8 Å². The van der Waals surface area contributed by atoms with Gasteiger partial charge in [0.2, 0.25) is 5.91 Å². The van der Waals surface area contributed by atoms with Gasteiger partial charge in [0.1, 0.15) is 11.5 Å². The molecule has 4 N–H and O–H groups in total. The summed E-state index contributed by atoms with van der Waals surface area (Å²) in [5, 5.41) is 30.1. The third-order valence-corrected chi connectivity index (χ3v) is 9.93. The molecule has 1 aliphatic heterocycles. The maximum absolute atomic E-state index is 12.9. The van der Waals surface area contributed by atoms with E-state index in [-0.39, 0.29) is 24.5 Å². The van der Waals surface area contributed by atoms with Gasteiger partial charge in [0.25, 0.3) is 5.91 Å². The zero-order chi connectivity index (χ0) is 24.2. The smallest absolute Gasteiger partial charge is 0.258 e. The number of hydrogen-bond acceptors (Lipinski definition) is 9. The summed E-state index contributed by atoms with van der Waals surface area (Å²) in [5.74, 6) is 0.558. The second-order valence-electron chi connectivity index (χ2n) is 9.42. The lowest BCUT2D eigenvalue weighted by molar-refractivity contribution is -0.131. The van der Waals surface area contributed by atoms with Crippen molar-refractivity contribution in [2.24, 2.45) is 11.7 Å². The van der Waals surface area contributed by atoms with E-state index in [9.17, 15) is 14.9 Å². The van der Waals surface area contributed by atoms with Crippen molar-refractivity contribution < 1.29 is 9.59 Å². The number of rotatable bonds is 7. The number of nitrogens with zero attached hydrogens (tertiary/aromatic N) is 5. The average Bonchev–Trinajstić information content (AvgIpc) is 3.38. The summed E-state index contributed by atoms with van der Waals surface area (Å²) >= 11 is 3.04. The van der Waals surface area contributed by atoms with Crippen molar-refractivity contribution in [1.82, 2.24) is 30.8 Å². The summed E-state index contributed by atoms with van der Waals surface area (Å²) in [6, 6.07) is 6.23. The number of nitriles is 1. The molecule has 2 aliphatic carbocycles. The van der Waals surface area contributed by atoms with Crippen molar-refractivity contribution in [1.29, 1.82) is 5.26 Å². The van der Waals surface area contributed by atoms with Crippen LogP contribution < -0.4 is 11.1 Å². The first-order chi connectivity index (χ1) is 17.0. The predicted molar refractivity (Wildman–Crippen MR) is 129 cm³/mol. The number of piperidine rings is 1. The highest BCUT2D eigenvalue weighted by molar-refractivity contribution is 7.15. The largest absolute Gasteiger partial charge is 0.365 e. The van der Waals surface area contributed by atoms with E-state index >= 15 is 0 Å². The van der Waals surface area contributed by atoms with Gasteiger partial charge in [0.05, 0.1) is 17.5 Å². The second kappa shape index (κ2) is 8.51. The third kappa shape index (κ3) is 3.57. The molecule has 2 amide bonds. The number of carbonyl (C=O) groups is 2. The molecular weight excluding hydrogens is 484 g/mol. The Kier molecular flexibility index (Phi) is 5.43. The minimum Gasteiger partial charge on any atom is -0.365 e. The van der Waals surface area contributed by atoms with Crippen LogP contribution in [0.15, 0.2) is 17.5 Å². The van der Waals surface area contributed by atoms with Crippen molar-refractivity contribution in [2.45, 2.75) is 49.6 Å². The fourth-order valence-electron chi connectivity index (χ4n) is 5.75. The number of hydrogen-bond donors (Lipinski definition) is 3. The van der Waals surface area contributed by atoms with Gasteiger partial charge in [-0.3, -0.25) is 9.59 Å². The van der Waals surface area contributed by atoms with E-state index in [0.29, 0.717) is 29.6 Å². The maximum atomic E-state index is 12.9. The molecule has 0 bridgehead atoms. The molecule has 2 fully saturated rings. The van der Waals surface area contributed by atoms with Crippen molar-refractivity contribution in [3.63, 3.8) is 0 Å². The molecule has 4 heterocycles. The standard InChI is InChI=1S/C23H24N8O2S2/c24-10-15-7-14-8-16(14)31(15)18(32)11-26-5-4-23(22-27-29-30-28-22)19-12(3-6-34-19)1-2-13-9-17(21(25)33)35-20(13)23/h3,6,9,14-16,26H,1-2,4-5,7-8,11H2,(H2,25,33)(H,27,28,29,30)/t14-,15?,16+,23?/m1/s1. The van der Waals surface area contributed by atoms with E-state index < -0.39 is 11.3 Å². The van der Waals surface area contributed by atoms with Gasteiger partial charge >= 0.3 is 0 Å². The van der Waals surface area contributed by atoms with Crippen LogP contribution in [-0.4, -0.2) is 62.5 Å². The van der Waals surface area contributed by atoms with Crippen LogP contribution in [0.4, 0.5) is 0 Å². The lowest BCUT2D eigenvalue weighted by Gasteiger charge is -2.30. The Labute approximate surface area is 209 Å². The van der Waals surface area contributed by atoms with Gasteiger partial charge in [0.15, 0.2) is 5.82 Å². The van der Waals surface area contributed by atoms with Gasteiger partial charge in [-0.15, -0.1) is 32.9 Å². The van der Waals surface area contributed by atoms with Gasteiger partial charge in [-0.2, -0.15) is 10.5 Å². The van der Waals surface area contributed by atoms with Crippen LogP contribution >= 0.6 is 22.7 Å². The zero-order valence-electron chi connectivity index (χ0n) is 18.9. The van der Waals surface area contributed by atoms with Crippen LogP contribution in [0.5, 0.6) is 0 Å². The van der Waals surface area contributed by atoms with E-state index in [1.807, 2.05) is 6.07 Å². The maximum Gasteiger partial charge on any atom is 0.258 e. The summed E-state index contributed by atoms with van der Waals surface area (Å²) in [7, 11) is 0. The van der Waals surface area contributed by atoms with Gasteiger partial charge in [-0.05, 0) is 73.2 Å². The van der Waals surface area contributed by atoms with Crippen LogP contribution in [0.2, 0.25) is 0 Å². The molecule has 0 radical (unpaired) electrons.